The van der Waals surface area contributed by atoms with Gasteiger partial charge in [0.05, 0.1) is 13.5 Å². The van der Waals surface area contributed by atoms with E-state index in [4.69, 9.17) is 0 Å². The number of Topliss-reactive ketones (excluding diaryl/α,β-unsaturated/α-hetero) is 2. The molecule has 0 unspecified atom stereocenters. The van der Waals surface area contributed by atoms with Crippen LogP contribution in [-0.2, 0) is 25.5 Å². The summed E-state index contributed by atoms with van der Waals surface area (Å²) in [4.78, 5) is 33.5. The molecule has 0 atom stereocenters. The quantitative estimate of drug-likeness (QED) is 0.458. The van der Waals surface area contributed by atoms with Crippen molar-refractivity contribution in [3.05, 3.63) is 34.3 Å². The molecule has 0 aliphatic heterocycles. The summed E-state index contributed by atoms with van der Waals surface area (Å²) < 4.78 is 5.17. The smallest absolute Gasteiger partial charge is 0.374 e. The third-order valence-corrected chi connectivity index (χ3v) is 3.18. The Balaban J connectivity index is 2.45. The second-order valence-corrected chi connectivity index (χ2v) is 4.58. The van der Waals surface area contributed by atoms with Crippen molar-refractivity contribution in [3.63, 3.8) is 0 Å². The highest BCUT2D eigenvalue weighted by Crippen LogP contribution is 2.17. The van der Waals surface area contributed by atoms with Gasteiger partial charge in [0.15, 0.2) is 0 Å². The lowest BCUT2D eigenvalue weighted by Crippen LogP contribution is -2.19. The lowest BCUT2D eigenvalue weighted by atomic mass is 10.0. The number of aryl methyl sites for hydroxylation is 1. The number of ether oxygens (including phenoxy) is 1. The van der Waals surface area contributed by atoms with Crippen LogP contribution >= 0.6 is 15.9 Å². The number of carbonyl (C=O) groups excluding carboxylic acids is 3. The van der Waals surface area contributed by atoms with Crippen molar-refractivity contribution in [2.24, 2.45) is 0 Å². The van der Waals surface area contributed by atoms with Crippen LogP contribution in [0.15, 0.2) is 28.7 Å². The molecule has 0 aromatic heterocycles. The Kier molecular flexibility index (Phi) is 5.71. The molecule has 0 saturated heterocycles. The molecule has 0 aliphatic carbocycles. The Labute approximate surface area is 113 Å². The highest BCUT2D eigenvalue weighted by Gasteiger charge is 2.18. The van der Waals surface area contributed by atoms with Crippen LogP contribution in [0.5, 0.6) is 0 Å². The predicted octanol–water partition coefficient (Wildman–Crippen LogP) is 2.08. The minimum absolute atomic E-state index is 0.228. The number of carbonyl (C=O) groups is 3. The number of benzene rings is 1. The normalized spacial score (nSPS) is 9.89. The molecule has 4 nitrogen and oxygen atoms in total. The van der Waals surface area contributed by atoms with Crippen molar-refractivity contribution in [1.29, 1.82) is 0 Å². The number of rotatable bonds is 6. The van der Waals surface area contributed by atoms with Crippen molar-refractivity contribution in [1.82, 2.24) is 0 Å². The molecule has 18 heavy (non-hydrogen) atoms. The number of halogens is 1. The highest BCUT2D eigenvalue weighted by molar-refractivity contribution is 9.10. The molecule has 1 aromatic carbocycles. The van der Waals surface area contributed by atoms with Crippen molar-refractivity contribution in [2.75, 3.05) is 7.11 Å². The first-order valence-electron chi connectivity index (χ1n) is 5.41. The third-order valence-electron chi connectivity index (χ3n) is 2.40. The van der Waals surface area contributed by atoms with Gasteiger partial charge in [-0.3, -0.25) is 9.59 Å². The van der Waals surface area contributed by atoms with Gasteiger partial charge >= 0.3 is 5.97 Å². The fourth-order valence-electron chi connectivity index (χ4n) is 1.43. The largest absolute Gasteiger partial charge is 0.463 e. The summed E-state index contributed by atoms with van der Waals surface area (Å²) in [6.07, 6.45) is 0.372. The molecule has 0 fully saturated rings. The lowest BCUT2D eigenvalue weighted by Gasteiger charge is -2.03. The second-order valence-electron chi connectivity index (χ2n) is 3.72. The number of hydrogen-bond acceptors (Lipinski definition) is 4. The van der Waals surface area contributed by atoms with E-state index < -0.39 is 18.2 Å². The maximum absolute atomic E-state index is 11.5. The van der Waals surface area contributed by atoms with Crippen molar-refractivity contribution >= 4 is 33.5 Å². The van der Waals surface area contributed by atoms with E-state index in [1.807, 2.05) is 24.3 Å². The summed E-state index contributed by atoms with van der Waals surface area (Å²) in [7, 11) is 1.12. The maximum atomic E-state index is 11.5. The second kappa shape index (κ2) is 7.06. The molecule has 1 aromatic rings. The van der Waals surface area contributed by atoms with Gasteiger partial charge in [0.25, 0.3) is 0 Å². The first-order valence-corrected chi connectivity index (χ1v) is 6.20. The first-order chi connectivity index (χ1) is 8.54. The first kappa shape index (κ1) is 14.6. The van der Waals surface area contributed by atoms with Gasteiger partial charge in [-0.05, 0) is 18.1 Å². The molecule has 0 amide bonds. The molecular weight excluding hydrogens is 300 g/mol. The molecular formula is C13H13BrO4. The zero-order valence-electron chi connectivity index (χ0n) is 9.94. The maximum Gasteiger partial charge on any atom is 0.374 e. The van der Waals surface area contributed by atoms with Crippen LogP contribution < -0.4 is 0 Å². The molecule has 0 radical (unpaired) electrons. The van der Waals surface area contributed by atoms with E-state index in [1.165, 1.54) is 0 Å². The van der Waals surface area contributed by atoms with Crippen LogP contribution in [0, 0.1) is 0 Å². The molecule has 0 spiro atoms. The number of methoxy groups -OCH3 is 1. The zero-order chi connectivity index (χ0) is 13.5. The van der Waals surface area contributed by atoms with Crippen LogP contribution in [0.1, 0.15) is 18.4 Å². The van der Waals surface area contributed by atoms with Gasteiger partial charge in [0.2, 0.25) is 5.78 Å². The van der Waals surface area contributed by atoms with Crippen molar-refractivity contribution in [2.45, 2.75) is 19.3 Å². The number of esters is 1. The number of ketones is 2. The Morgan fingerprint density at radius 3 is 2.50 bits per heavy atom. The van der Waals surface area contributed by atoms with Crippen LogP contribution in [-0.4, -0.2) is 24.6 Å². The summed E-state index contributed by atoms with van der Waals surface area (Å²) in [6.45, 7) is 0. The molecule has 0 saturated carbocycles. The molecule has 5 heteroatoms. The monoisotopic (exact) mass is 312 g/mol. The molecule has 0 N–H and O–H groups in total. The van der Waals surface area contributed by atoms with E-state index in [-0.39, 0.29) is 12.2 Å². The predicted molar refractivity (Wildman–Crippen MR) is 69.1 cm³/mol. The van der Waals surface area contributed by atoms with E-state index in [2.05, 4.69) is 20.7 Å². The Hall–Kier alpha value is -1.49. The van der Waals surface area contributed by atoms with Crippen LogP contribution in [0.2, 0.25) is 0 Å². The van der Waals surface area contributed by atoms with Gasteiger partial charge < -0.3 is 4.74 Å². The Morgan fingerprint density at radius 1 is 1.22 bits per heavy atom. The molecule has 0 aliphatic rings. The fourth-order valence-corrected chi connectivity index (χ4v) is 1.91. The molecule has 0 bridgehead atoms. The SMILES string of the molecule is COC(=O)C(=O)CC(=O)CCc1ccccc1Br. The van der Waals surface area contributed by atoms with Crippen LogP contribution in [0.25, 0.3) is 0 Å². The Morgan fingerprint density at radius 2 is 1.89 bits per heavy atom. The topological polar surface area (TPSA) is 60.4 Å². The van der Waals surface area contributed by atoms with Gasteiger partial charge in [0.1, 0.15) is 5.78 Å². The lowest BCUT2D eigenvalue weighted by molar-refractivity contribution is -0.152. The van der Waals surface area contributed by atoms with E-state index in [1.54, 1.807) is 0 Å². The highest BCUT2D eigenvalue weighted by atomic mass is 79.9. The van der Waals surface area contributed by atoms with E-state index in [9.17, 15) is 14.4 Å². The van der Waals surface area contributed by atoms with Crippen molar-refractivity contribution < 1.29 is 19.1 Å². The standard InChI is InChI=1S/C13H13BrO4/c1-18-13(17)12(16)8-10(15)7-6-9-4-2-3-5-11(9)14/h2-5H,6-8H2,1H3. The fraction of sp³-hybridized carbons (Fsp3) is 0.308. The van der Waals surface area contributed by atoms with E-state index in [0.29, 0.717) is 6.42 Å². The summed E-state index contributed by atoms with van der Waals surface area (Å²) in [6, 6.07) is 7.55. The average Bonchev–Trinajstić information content (AvgIpc) is 2.36. The van der Waals surface area contributed by atoms with Gasteiger partial charge in [-0.15, -0.1) is 0 Å². The molecule has 1 rings (SSSR count). The van der Waals surface area contributed by atoms with Gasteiger partial charge in [-0.25, -0.2) is 4.79 Å². The van der Waals surface area contributed by atoms with E-state index >= 15 is 0 Å². The van der Waals surface area contributed by atoms with E-state index in [0.717, 1.165) is 17.1 Å². The number of hydrogen-bond donors (Lipinski definition) is 0. The summed E-state index contributed by atoms with van der Waals surface area (Å²) in [5.74, 6) is -2.03. The van der Waals surface area contributed by atoms with Crippen LogP contribution in [0.4, 0.5) is 0 Å². The molecule has 96 valence electrons. The van der Waals surface area contributed by atoms with Gasteiger partial charge in [-0.1, -0.05) is 34.1 Å². The summed E-state index contributed by atoms with van der Waals surface area (Å²) in [5.41, 5.74) is 0.997. The Bertz CT molecular complexity index is 468. The minimum Gasteiger partial charge on any atom is -0.463 e. The summed E-state index contributed by atoms with van der Waals surface area (Å²) >= 11 is 3.38. The summed E-state index contributed by atoms with van der Waals surface area (Å²) in [5, 5.41) is 0. The third kappa shape index (κ3) is 4.41. The molecule has 0 heterocycles. The average molecular weight is 313 g/mol. The van der Waals surface area contributed by atoms with Crippen LogP contribution in [0.3, 0.4) is 0 Å². The minimum atomic E-state index is -0.968. The van der Waals surface area contributed by atoms with Gasteiger partial charge in [0, 0.05) is 10.9 Å². The van der Waals surface area contributed by atoms with Gasteiger partial charge in [-0.2, -0.15) is 0 Å². The zero-order valence-corrected chi connectivity index (χ0v) is 11.5. The van der Waals surface area contributed by atoms with Crippen molar-refractivity contribution in [3.8, 4) is 0 Å².